The molecule has 0 saturated heterocycles. The molecule has 7 heteroatoms. The van der Waals surface area contributed by atoms with Gasteiger partial charge in [0.2, 0.25) is 0 Å². The number of benzene rings is 1. The highest BCUT2D eigenvalue weighted by Crippen LogP contribution is 2.39. The van der Waals surface area contributed by atoms with Gasteiger partial charge in [0.1, 0.15) is 0 Å². The second kappa shape index (κ2) is 8.44. The van der Waals surface area contributed by atoms with Crippen LogP contribution in [0.1, 0.15) is 25.3 Å². The van der Waals surface area contributed by atoms with Gasteiger partial charge in [0.15, 0.2) is 0 Å². The predicted octanol–water partition coefficient (Wildman–Crippen LogP) is 4.92. The van der Waals surface area contributed by atoms with Crippen LogP contribution in [0.3, 0.4) is 0 Å². The van der Waals surface area contributed by atoms with Gasteiger partial charge >= 0.3 is 5.97 Å². The molecule has 0 heterocycles. The Kier molecular flexibility index (Phi) is 7.58. The lowest BCUT2D eigenvalue weighted by atomic mass is 9.87. The van der Waals surface area contributed by atoms with Crippen LogP contribution in [0.5, 0.6) is 0 Å². The molecule has 1 aromatic rings. The fourth-order valence-electron chi connectivity index (χ4n) is 2.17. The van der Waals surface area contributed by atoms with Gasteiger partial charge in [0.25, 0.3) is 0 Å². The van der Waals surface area contributed by atoms with E-state index in [1.807, 2.05) is 6.92 Å². The van der Waals surface area contributed by atoms with Crippen molar-refractivity contribution in [3.05, 3.63) is 31.7 Å². The van der Waals surface area contributed by atoms with Gasteiger partial charge in [-0.1, -0.05) is 59.7 Å². The Morgan fingerprint density at radius 3 is 2.33 bits per heavy atom. The molecule has 1 rings (SSSR count). The van der Waals surface area contributed by atoms with Crippen molar-refractivity contribution in [2.45, 2.75) is 26.2 Å². The molecule has 0 bridgehead atoms. The third kappa shape index (κ3) is 4.90. The zero-order valence-electron chi connectivity index (χ0n) is 11.5. The summed E-state index contributed by atoms with van der Waals surface area (Å²) in [6.45, 7) is 2.09. The van der Waals surface area contributed by atoms with Crippen molar-refractivity contribution >= 4 is 52.4 Å². The predicted molar refractivity (Wildman–Crippen MR) is 88.8 cm³/mol. The fourth-order valence-corrected chi connectivity index (χ4v) is 3.26. The summed E-state index contributed by atoms with van der Waals surface area (Å²) in [6, 6.07) is 1.55. The Morgan fingerprint density at radius 2 is 1.86 bits per heavy atom. The van der Waals surface area contributed by atoms with Gasteiger partial charge in [-0.3, -0.25) is 4.79 Å². The summed E-state index contributed by atoms with van der Waals surface area (Å²) in [5.74, 6) is -1.36. The molecule has 0 aromatic heterocycles. The molecule has 0 radical (unpaired) electrons. The third-order valence-corrected chi connectivity index (χ3v) is 5.17. The average molecular weight is 373 g/mol. The molecular formula is C14H17Cl4NO2. The first kappa shape index (κ1) is 18.9. The zero-order valence-corrected chi connectivity index (χ0v) is 14.5. The SMILES string of the molecule is CCC(Cc1c(Cl)cc(Cl)c(Cl)c1Cl)CC(CN)C(=O)O. The third-order valence-electron chi connectivity index (χ3n) is 3.53. The molecule has 0 fully saturated rings. The molecule has 0 aliphatic rings. The monoisotopic (exact) mass is 371 g/mol. The van der Waals surface area contributed by atoms with Crippen LogP contribution in [-0.2, 0) is 11.2 Å². The van der Waals surface area contributed by atoms with E-state index in [2.05, 4.69) is 0 Å². The first-order valence-corrected chi connectivity index (χ1v) is 8.07. The molecule has 2 unspecified atom stereocenters. The van der Waals surface area contributed by atoms with Crippen LogP contribution in [0.15, 0.2) is 6.07 Å². The summed E-state index contributed by atoms with van der Waals surface area (Å²) in [7, 11) is 0. The molecule has 0 spiro atoms. The first-order valence-electron chi connectivity index (χ1n) is 6.56. The number of carboxylic acid groups (broad SMARTS) is 1. The van der Waals surface area contributed by atoms with E-state index in [1.165, 1.54) is 0 Å². The van der Waals surface area contributed by atoms with Gasteiger partial charge in [-0.25, -0.2) is 0 Å². The summed E-state index contributed by atoms with van der Waals surface area (Å²) in [5, 5.41) is 10.4. The van der Waals surface area contributed by atoms with Crippen LogP contribution in [0, 0.1) is 11.8 Å². The van der Waals surface area contributed by atoms with E-state index in [9.17, 15) is 4.79 Å². The smallest absolute Gasteiger partial charge is 0.307 e. The second-order valence-electron chi connectivity index (χ2n) is 4.93. The molecule has 2 atom stereocenters. The minimum atomic E-state index is -0.887. The van der Waals surface area contributed by atoms with E-state index in [0.717, 1.165) is 6.42 Å². The summed E-state index contributed by atoms with van der Waals surface area (Å²) in [5.41, 5.74) is 6.20. The van der Waals surface area contributed by atoms with Crippen LogP contribution in [0.4, 0.5) is 0 Å². The van der Waals surface area contributed by atoms with Gasteiger partial charge in [-0.2, -0.15) is 0 Å². The van der Waals surface area contributed by atoms with E-state index in [0.29, 0.717) is 33.5 Å². The lowest BCUT2D eigenvalue weighted by Gasteiger charge is -2.20. The molecule has 0 aliphatic carbocycles. The lowest BCUT2D eigenvalue weighted by Crippen LogP contribution is -2.26. The number of rotatable bonds is 7. The quantitative estimate of drug-likeness (QED) is 0.527. The first-order chi connectivity index (χ1) is 9.81. The molecule has 3 nitrogen and oxygen atoms in total. The van der Waals surface area contributed by atoms with Gasteiger partial charge in [0.05, 0.1) is 21.0 Å². The van der Waals surface area contributed by atoms with Crippen molar-refractivity contribution in [2.75, 3.05) is 6.54 Å². The fraction of sp³-hybridized carbons (Fsp3) is 0.500. The highest BCUT2D eigenvalue weighted by molar-refractivity contribution is 6.49. The minimum absolute atomic E-state index is 0.0990. The number of hydrogen-bond acceptors (Lipinski definition) is 2. The Hall–Kier alpha value is -0.190. The summed E-state index contributed by atoms with van der Waals surface area (Å²) in [6.07, 6.45) is 1.79. The maximum Gasteiger partial charge on any atom is 0.307 e. The normalized spacial score (nSPS) is 14.0. The van der Waals surface area contributed by atoms with Crippen LogP contribution < -0.4 is 5.73 Å². The highest BCUT2D eigenvalue weighted by atomic mass is 35.5. The number of nitrogens with two attached hydrogens (primary N) is 1. The summed E-state index contributed by atoms with van der Waals surface area (Å²) in [4.78, 5) is 11.1. The lowest BCUT2D eigenvalue weighted by molar-refractivity contribution is -0.142. The van der Waals surface area contributed by atoms with E-state index in [-0.39, 0.29) is 17.5 Å². The van der Waals surface area contributed by atoms with Gasteiger partial charge < -0.3 is 10.8 Å². The Bertz CT molecular complexity index is 522. The van der Waals surface area contributed by atoms with Crippen LogP contribution in [0.25, 0.3) is 0 Å². The average Bonchev–Trinajstić information content (AvgIpc) is 2.44. The highest BCUT2D eigenvalue weighted by Gasteiger charge is 2.23. The van der Waals surface area contributed by atoms with Crippen LogP contribution >= 0.6 is 46.4 Å². The van der Waals surface area contributed by atoms with Crippen molar-refractivity contribution in [1.29, 1.82) is 0 Å². The van der Waals surface area contributed by atoms with Crippen molar-refractivity contribution in [2.24, 2.45) is 17.6 Å². The van der Waals surface area contributed by atoms with Crippen LogP contribution in [0.2, 0.25) is 20.1 Å². The number of hydrogen-bond donors (Lipinski definition) is 2. The number of carbonyl (C=O) groups is 1. The second-order valence-corrected chi connectivity index (χ2v) is 6.50. The molecule has 21 heavy (non-hydrogen) atoms. The Morgan fingerprint density at radius 1 is 1.24 bits per heavy atom. The molecule has 1 aromatic carbocycles. The zero-order chi connectivity index (χ0) is 16.2. The van der Waals surface area contributed by atoms with Gasteiger partial charge in [-0.05, 0) is 30.4 Å². The molecule has 0 saturated carbocycles. The molecule has 0 aliphatic heterocycles. The number of carboxylic acids is 1. The van der Waals surface area contributed by atoms with Crippen molar-refractivity contribution < 1.29 is 9.90 Å². The van der Waals surface area contributed by atoms with Crippen molar-refractivity contribution in [3.63, 3.8) is 0 Å². The van der Waals surface area contributed by atoms with E-state index >= 15 is 0 Å². The van der Waals surface area contributed by atoms with Gasteiger partial charge in [-0.15, -0.1) is 0 Å². The topological polar surface area (TPSA) is 63.3 Å². The molecule has 3 N–H and O–H groups in total. The van der Waals surface area contributed by atoms with Crippen molar-refractivity contribution in [3.8, 4) is 0 Å². The largest absolute Gasteiger partial charge is 0.481 e. The Balaban J connectivity index is 2.97. The molecule has 0 amide bonds. The maximum absolute atomic E-state index is 11.1. The summed E-state index contributed by atoms with van der Waals surface area (Å²) < 4.78 is 0. The molecule has 118 valence electrons. The van der Waals surface area contributed by atoms with Crippen molar-refractivity contribution in [1.82, 2.24) is 0 Å². The minimum Gasteiger partial charge on any atom is -0.481 e. The van der Waals surface area contributed by atoms with E-state index in [1.54, 1.807) is 6.07 Å². The van der Waals surface area contributed by atoms with Crippen LogP contribution in [-0.4, -0.2) is 17.6 Å². The van der Waals surface area contributed by atoms with E-state index < -0.39 is 11.9 Å². The Labute approximate surface area is 144 Å². The maximum atomic E-state index is 11.1. The summed E-state index contributed by atoms with van der Waals surface area (Å²) >= 11 is 24.3. The number of halogens is 4. The van der Waals surface area contributed by atoms with E-state index in [4.69, 9.17) is 57.2 Å². The number of aliphatic carboxylic acids is 1. The standard InChI is InChI=1S/C14H17Cl4NO2/c1-2-7(3-8(6-19)14(20)21)4-9-10(15)5-11(16)13(18)12(9)17/h5,7-8H,2-4,6,19H2,1H3,(H,20,21). The van der Waals surface area contributed by atoms with Gasteiger partial charge in [0, 0.05) is 11.6 Å². The molecular weight excluding hydrogens is 356 g/mol.